The fourth-order valence-corrected chi connectivity index (χ4v) is 2.80. The van der Waals surface area contributed by atoms with Gasteiger partial charge in [-0.1, -0.05) is 25.1 Å². The van der Waals surface area contributed by atoms with Crippen molar-refractivity contribution in [2.45, 2.75) is 38.0 Å². The summed E-state index contributed by atoms with van der Waals surface area (Å²) in [4.78, 5) is 25.1. The summed E-state index contributed by atoms with van der Waals surface area (Å²) in [7, 11) is 1.56. The van der Waals surface area contributed by atoms with E-state index in [1.165, 1.54) is 18.7 Å². The van der Waals surface area contributed by atoms with Gasteiger partial charge in [-0.2, -0.15) is 8.78 Å². The SMILES string of the molecule is CCC(=O)C(F)(F)CC1(C)C(=O)N(C)c2ccccc21. The molecule has 0 spiro atoms. The van der Waals surface area contributed by atoms with E-state index in [2.05, 4.69) is 0 Å². The van der Waals surface area contributed by atoms with Crippen LogP contribution >= 0.6 is 0 Å². The first-order valence-corrected chi connectivity index (χ1v) is 6.53. The summed E-state index contributed by atoms with van der Waals surface area (Å²) in [5, 5.41) is 0. The molecule has 0 bridgehead atoms. The van der Waals surface area contributed by atoms with Crippen LogP contribution in [0.15, 0.2) is 24.3 Å². The van der Waals surface area contributed by atoms with E-state index in [0.29, 0.717) is 11.3 Å². The largest absolute Gasteiger partial charge is 0.314 e. The van der Waals surface area contributed by atoms with E-state index in [4.69, 9.17) is 0 Å². The lowest BCUT2D eigenvalue weighted by Crippen LogP contribution is -2.43. The molecule has 0 N–H and O–H groups in total. The average molecular weight is 281 g/mol. The number of hydrogen-bond acceptors (Lipinski definition) is 2. The second kappa shape index (κ2) is 4.65. The van der Waals surface area contributed by atoms with Crippen molar-refractivity contribution in [3.05, 3.63) is 29.8 Å². The lowest BCUT2D eigenvalue weighted by Gasteiger charge is -2.27. The van der Waals surface area contributed by atoms with E-state index in [9.17, 15) is 18.4 Å². The number of halogens is 2. The summed E-state index contributed by atoms with van der Waals surface area (Å²) in [5.41, 5.74) is -0.185. The predicted molar refractivity (Wildman–Crippen MR) is 72.1 cm³/mol. The molecule has 0 aliphatic carbocycles. The number of likely N-dealkylation sites (N-methyl/N-ethyl adjacent to an activating group) is 1. The molecule has 1 unspecified atom stereocenters. The van der Waals surface area contributed by atoms with Gasteiger partial charge in [0.2, 0.25) is 11.7 Å². The average Bonchev–Trinajstić information content (AvgIpc) is 2.60. The Hall–Kier alpha value is -1.78. The van der Waals surface area contributed by atoms with Gasteiger partial charge in [-0.3, -0.25) is 9.59 Å². The number of benzene rings is 1. The van der Waals surface area contributed by atoms with Crippen LogP contribution in [0.5, 0.6) is 0 Å². The van der Waals surface area contributed by atoms with Gasteiger partial charge >= 0.3 is 5.92 Å². The number of para-hydroxylation sites is 1. The van der Waals surface area contributed by atoms with Crippen molar-refractivity contribution < 1.29 is 18.4 Å². The molecule has 1 aromatic carbocycles. The van der Waals surface area contributed by atoms with Gasteiger partial charge in [-0.25, -0.2) is 0 Å². The number of carbonyl (C=O) groups excluding carboxylic acids is 2. The summed E-state index contributed by atoms with van der Waals surface area (Å²) >= 11 is 0. The highest BCUT2D eigenvalue weighted by molar-refractivity contribution is 6.08. The third kappa shape index (κ3) is 2.01. The molecule has 1 aliphatic heterocycles. The van der Waals surface area contributed by atoms with Crippen LogP contribution < -0.4 is 4.90 Å². The zero-order valence-electron chi connectivity index (χ0n) is 11.7. The third-order valence-electron chi connectivity index (χ3n) is 3.94. The third-order valence-corrected chi connectivity index (χ3v) is 3.94. The molecule has 20 heavy (non-hydrogen) atoms. The number of ketones is 1. The van der Waals surface area contributed by atoms with Crippen LogP contribution in [0.2, 0.25) is 0 Å². The second-order valence-electron chi connectivity index (χ2n) is 5.37. The Morgan fingerprint density at radius 1 is 1.35 bits per heavy atom. The Balaban J connectivity index is 2.45. The van der Waals surface area contributed by atoms with Gasteiger partial charge in [-0.15, -0.1) is 0 Å². The number of hydrogen-bond donors (Lipinski definition) is 0. The predicted octanol–water partition coefficient (Wildman–Crippen LogP) is 2.93. The minimum Gasteiger partial charge on any atom is -0.314 e. The van der Waals surface area contributed by atoms with Crippen molar-refractivity contribution in [2.75, 3.05) is 11.9 Å². The maximum Gasteiger partial charge on any atom is 0.306 e. The lowest BCUT2D eigenvalue weighted by atomic mass is 9.77. The number of anilines is 1. The van der Waals surface area contributed by atoms with Gasteiger partial charge in [0.1, 0.15) is 0 Å². The van der Waals surface area contributed by atoms with Crippen molar-refractivity contribution in [3.63, 3.8) is 0 Å². The van der Waals surface area contributed by atoms with E-state index >= 15 is 0 Å². The smallest absolute Gasteiger partial charge is 0.306 e. The van der Waals surface area contributed by atoms with E-state index in [0.717, 1.165) is 0 Å². The molecule has 1 amide bonds. The molecule has 5 heteroatoms. The monoisotopic (exact) mass is 281 g/mol. The summed E-state index contributed by atoms with van der Waals surface area (Å²) in [6.45, 7) is 2.88. The van der Waals surface area contributed by atoms with Crippen molar-refractivity contribution in [1.29, 1.82) is 0 Å². The number of fused-ring (bicyclic) bond motifs is 1. The summed E-state index contributed by atoms with van der Waals surface area (Å²) < 4.78 is 28.0. The normalized spacial score (nSPS) is 22.1. The van der Waals surface area contributed by atoms with Crippen LogP contribution in [-0.2, 0) is 15.0 Å². The molecule has 1 aromatic rings. The summed E-state index contributed by atoms with van der Waals surface area (Å²) in [6.07, 6.45) is -1.03. The maximum absolute atomic E-state index is 14.0. The minimum absolute atomic E-state index is 0.241. The standard InChI is InChI=1S/C15H17F2NO2/c1-4-12(19)15(16,17)9-14(2)10-7-5-6-8-11(10)18(3)13(14)20/h5-8H,4,9H2,1-3H3. The van der Waals surface area contributed by atoms with Gasteiger partial charge in [-0.05, 0) is 18.6 Å². The zero-order chi connectivity index (χ0) is 15.1. The molecule has 2 rings (SSSR count). The van der Waals surface area contributed by atoms with E-state index in [1.54, 1.807) is 31.3 Å². The van der Waals surface area contributed by atoms with E-state index in [-0.39, 0.29) is 6.42 Å². The van der Waals surface area contributed by atoms with E-state index in [1.807, 2.05) is 0 Å². The number of nitrogens with zero attached hydrogens (tertiary/aromatic N) is 1. The fraction of sp³-hybridized carbons (Fsp3) is 0.467. The summed E-state index contributed by atoms with van der Waals surface area (Å²) in [5.74, 6) is -5.02. The van der Waals surface area contributed by atoms with Crippen LogP contribution in [0.3, 0.4) is 0 Å². The molecule has 1 heterocycles. The van der Waals surface area contributed by atoms with Crippen LogP contribution in [0, 0.1) is 0 Å². The molecule has 0 aromatic heterocycles. The highest BCUT2D eigenvalue weighted by atomic mass is 19.3. The highest BCUT2D eigenvalue weighted by Crippen LogP contribution is 2.46. The Morgan fingerprint density at radius 2 is 1.95 bits per heavy atom. The molecular formula is C15H17F2NO2. The first kappa shape index (κ1) is 14.6. The molecule has 0 saturated carbocycles. The quantitative estimate of drug-likeness (QED) is 0.851. The van der Waals surface area contributed by atoms with Crippen LogP contribution in [0.1, 0.15) is 32.3 Å². The van der Waals surface area contributed by atoms with Gasteiger partial charge < -0.3 is 4.90 Å². The van der Waals surface area contributed by atoms with Crippen LogP contribution in [0.4, 0.5) is 14.5 Å². The molecule has 0 saturated heterocycles. The Labute approximate surface area is 116 Å². The van der Waals surface area contributed by atoms with Gasteiger partial charge in [0.05, 0.1) is 5.41 Å². The van der Waals surface area contributed by atoms with Crippen molar-refractivity contribution in [3.8, 4) is 0 Å². The molecule has 0 fully saturated rings. The number of carbonyl (C=O) groups is 2. The Bertz CT molecular complexity index is 571. The van der Waals surface area contributed by atoms with Crippen LogP contribution in [0.25, 0.3) is 0 Å². The number of Topliss-reactive ketones (excluding diaryl/α,β-unsaturated/α-hetero) is 1. The molecule has 108 valence electrons. The number of rotatable bonds is 4. The number of alkyl halides is 2. The van der Waals surface area contributed by atoms with E-state index < -0.39 is 29.4 Å². The topological polar surface area (TPSA) is 37.4 Å². The summed E-state index contributed by atoms with van der Waals surface area (Å²) in [6, 6.07) is 6.86. The Morgan fingerprint density at radius 3 is 2.55 bits per heavy atom. The number of amides is 1. The first-order chi connectivity index (χ1) is 9.24. The van der Waals surface area contributed by atoms with Crippen molar-refractivity contribution >= 4 is 17.4 Å². The molecule has 1 aliphatic rings. The first-order valence-electron chi connectivity index (χ1n) is 6.53. The van der Waals surface area contributed by atoms with Gasteiger partial charge in [0.15, 0.2) is 0 Å². The highest BCUT2D eigenvalue weighted by Gasteiger charge is 2.53. The minimum atomic E-state index is -3.49. The van der Waals surface area contributed by atoms with Crippen molar-refractivity contribution in [2.24, 2.45) is 0 Å². The zero-order valence-corrected chi connectivity index (χ0v) is 11.7. The van der Waals surface area contributed by atoms with Gasteiger partial charge in [0.25, 0.3) is 0 Å². The second-order valence-corrected chi connectivity index (χ2v) is 5.37. The Kier molecular flexibility index (Phi) is 3.40. The fourth-order valence-electron chi connectivity index (χ4n) is 2.80. The lowest BCUT2D eigenvalue weighted by molar-refractivity contribution is -0.147. The molecular weight excluding hydrogens is 264 g/mol. The van der Waals surface area contributed by atoms with Crippen molar-refractivity contribution in [1.82, 2.24) is 0 Å². The van der Waals surface area contributed by atoms with Gasteiger partial charge in [0, 0.05) is 25.6 Å². The maximum atomic E-state index is 14.0. The molecule has 0 radical (unpaired) electrons. The molecule has 3 nitrogen and oxygen atoms in total. The van der Waals surface area contributed by atoms with Crippen LogP contribution in [-0.4, -0.2) is 24.7 Å². The molecule has 1 atom stereocenters.